The summed E-state index contributed by atoms with van der Waals surface area (Å²) in [7, 11) is 0. The average Bonchev–Trinajstić information content (AvgIpc) is 2.31. The molecule has 2 nitrogen and oxygen atoms in total. The van der Waals surface area contributed by atoms with E-state index in [-0.39, 0.29) is 18.2 Å². The molecule has 4 heteroatoms. The van der Waals surface area contributed by atoms with Crippen molar-refractivity contribution in [3.05, 3.63) is 34.3 Å². The lowest BCUT2D eigenvalue weighted by molar-refractivity contribution is 0.0915. The third-order valence-electron chi connectivity index (χ3n) is 2.98. The number of halogens is 2. The zero-order valence-corrected chi connectivity index (χ0v) is 12.1. The molecule has 1 fully saturated rings. The number of ketones is 1. The lowest BCUT2D eigenvalue weighted by Gasteiger charge is -2.25. The van der Waals surface area contributed by atoms with Crippen LogP contribution < -0.4 is 0 Å². The molecule has 0 aromatic heterocycles. The van der Waals surface area contributed by atoms with Crippen molar-refractivity contribution in [2.75, 3.05) is 19.6 Å². The molecule has 1 aromatic rings. The van der Waals surface area contributed by atoms with E-state index in [1.54, 1.807) is 0 Å². The minimum absolute atomic E-state index is 0. The quantitative estimate of drug-likeness (QED) is 0.795. The number of nitrogens with zero attached hydrogens (tertiary/aromatic N) is 1. The molecule has 0 atom stereocenters. The van der Waals surface area contributed by atoms with Crippen molar-refractivity contribution in [3.8, 4) is 0 Å². The highest BCUT2D eigenvalue weighted by Gasteiger charge is 2.14. The number of carbonyl (C=O) groups is 1. The molecule has 17 heavy (non-hydrogen) atoms. The van der Waals surface area contributed by atoms with Gasteiger partial charge in [0.15, 0.2) is 5.78 Å². The Morgan fingerprint density at radius 1 is 1.12 bits per heavy atom. The highest BCUT2D eigenvalue weighted by Crippen LogP contribution is 2.13. The topological polar surface area (TPSA) is 20.3 Å². The van der Waals surface area contributed by atoms with Crippen LogP contribution in [0.1, 0.15) is 29.6 Å². The average molecular weight is 319 g/mol. The van der Waals surface area contributed by atoms with Crippen LogP contribution in [0.15, 0.2) is 28.7 Å². The summed E-state index contributed by atoms with van der Waals surface area (Å²) in [5, 5.41) is 0. The highest BCUT2D eigenvalue weighted by atomic mass is 79.9. The fourth-order valence-corrected chi connectivity index (χ4v) is 2.31. The van der Waals surface area contributed by atoms with Gasteiger partial charge in [-0.3, -0.25) is 9.69 Å². The fraction of sp³-hybridized carbons (Fsp3) is 0.462. The second-order valence-corrected chi connectivity index (χ2v) is 5.18. The second-order valence-electron chi connectivity index (χ2n) is 4.27. The number of hydrogen-bond acceptors (Lipinski definition) is 2. The maximum Gasteiger partial charge on any atom is 0.176 e. The Morgan fingerprint density at radius 3 is 2.29 bits per heavy atom. The van der Waals surface area contributed by atoms with Crippen molar-refractivity contribution in [3.63, 3.8) is 0 Å². The van der Waals surface area contributed by atoms with E-state index in [0.717, 1.165) is 23.1 Å². The molecule has 2 rings (SSSR count). The summed E-state index contributed by atoms with van der Waals surface area (Å²) >= 11 is 3.37. The van der Waals surface area contributed by atoms with Crippen molar-refractivity contribution in [1.29, 1.82) is 0 Å². The Bertz CT molecular complexity index is 360. The molecule has 0 amide bonds. The molecule has 1 heterocycles. The van der Waals surface area contributed by atoms with E-state index in [2.05, 4.69) is 20.8 Å². The lowest BCUT2D eigenvalue weighted by atomic mass is 10.1. The SMILES string of the molecule is Cl.O=C(CN1CCCCC1)c1ccc(Br)cc1. The van der Waals surface area contributed by atoms with Gasteiger partial charge in [-0.1, -0.05) is 34.5 Å². The van der Waals surface area contributed by atoms with Crippen LogP contribution in [0.5, 0.6) is 0 Å². The zero-order chi connectivity index (χ0) is 11.4. The summed E-state index contributed by atoms with van der Waals surface area (Å²) in [5.74, 6) is 0.231. The Kier molecular flexibility index (Phi) is 6.17. The predicted octanol–water partition coefficient (Wildman–Crippen LogP) is 3.54. The lowest BCUT2D eigenvalue weighted by Crippen LogP contribution is -2.34. The summed E-state index contributed by atoms with van der Waals surface area (Å²) in [6, 6.07) is 7.61. The van der Waals surface area contributed by atoms with Crippen molar-refractivity contribution in [2.45, 2.75) is 19.3 Å². The van der Waals surface area contributed by atoms with Crippen LogP contribution in [-0.4, -0.2) is 30.3 Å². The Morgan fingerprint density at radius 2 is 1.71 bits per heavy atom. The predicted molar refractivity (Wildman–Crippen MR) is 76.0 cm³/mol. The van der Waals surface area contributed by atoms with Crippen LogP contribution >= 0.6 is 28.3 Å². The molecule has 0 spiro atoms. The number of piperidine rings is 1. The second kappa shape index (κ2) is 7.14. The monoisotopic (exact) mass is 317 g/mol. The van der Waals surface area contributed by atoms with E-state index in [1.165, 1.54) is 19.3 Å². The number of benzene rings is 1. The van der Waals surface area contributed by atoms with Crippen LogP contribution in [0.2, 0.25) is 0 Å². The minimum atomic E-state index is 0. The van der Waals surface area contributed by atoms with Crippen LogP contribution in [0.4, 0.5) is 0 Å². The van der Waals surface area contributed by atoms with Gasteiger partial charge in [-0.2, -0.15) is 0 Å². The Hall–Kier alpha value is -0.380. The van der Waals surface area contributed by atoms with E-state index in [4.69, 9.17) is 0 Å². The van der Waals surface area contributed by atoms with E-state index >= 15 is 0 Å². The molecule has 0 bridgehead atoms. The van der Waals surface area contributed by atoms with Crippen LogP contribution in [0, 0.1) is 0 Å². The van der Waals surface area contributed by atoms with Crippen molar-refractivity contribution < 1.29 is 4.79 Å². The molecule has 0 unspecified atom stereocenters. The Labute approximate surface area is 117 Å². The maximum absolute atomic E-state index is 12.0. The summed E-state index contributed by atoms with van der Waals surface area (Å²) in [5.41, 5.74) is 0.814. The molecule has 1 aromatic carbocycles. The van der Waals surface area contributed by atoms with Gasteiger partial charge in [0, 0.05) is 10.0 Å². The van der Waals surface area contributed by atoms with E-state index in [0.29, 0.717) is 6.54 Å². The first-order chi connectivity index (χ1) is 7.75. The zero-order valence-electron chi connectivity index (χ0n) is 9.69. The molecule has 0 N–H and O–H groups in total. The van der Waals surface area contributed by atoms with Crippen molar-refractivity contribution >= 4 is 34.1 Å². The summed E-state index contributed by atoms with van der Waals surface area (Å²) in [6.07, 6.45) is 3.77. The van der Waals surface area contributed by atoms with Gasteiger partial charge >= 0.3 is 0 Å². The third-order valence-corrected chi connectivity index (χ3v) is 3.51. The van der Waals surface area contributed by atoms with Gasteiger partial charge in [-0.15, -0.1) is 12.4 Å². The molecule has 0 radical (unpaired) electrons. The van der Waals surface area contributed by atoms with Gasteiger partial charge in [-0.05, 0) is 38.1 Å². The molecule has 0 saturated carbocycles. The summed E-state index contributed by atoms with van der Waals surface area (Å²) < 4.78 is 1.02. The van der Waals surface area contributed by atoms with Gasteiger partial charge in [0.05, 0.1) is 6.54 Å². The maximum atomic E-state index is 12.0. The van der Waals surface area contributed by atoms with E-state index < -0.39 is 0 Å². The molecular formula is C13H17BrClNO. The summed E-state index contributed by atoms with van der Waals surface area (Å²) in [4.78, 5) is 14.2. The standard InChI is InChI=1S/C13H16BrNO.ClH/c14-12-6-4-11(5-7-12)13(16)10-15-8-2-1-3-9-15;/h4-7H,1-3,8-10H2;1H. The number of Topliss-reactive ketones (excluding diaryl/α,β-unsaturated/α-hetero) is 1. The molecule has 1 saturated heterocycles. The van der Waals surface area contributed by atoms with Crippen LogP contribution in [0.3, 0.4) is 0 Å². The van der Waals surface area contributed by atoms with Gasteiger partial charge in [-0.25, -0.2) is 0 Å². The first-order valence-electron chi connectivity index (χ1n) is 5.77. The largest absolute Gasteiger partial charge is 0.296 e. The molecule has 94 valence electrons. The van der Waals surface area contributed by atoms with Crippen molar-refractivity contribution in [1.82, 2.24) is 4.90 Å². The van der Waals surface area contributed by atoms with E-state index in [1.807, 2.05) is 24.3 Å². The van der Waals surface area contributed by atoms with Gasteiger partial charge < -0.3 is 0 Å². The van der Waals surface area contributed by atoms with Gasteiger partial charge in [0.25, 0.3) is 0 Å². The first kappa shape index (κ1) is 14.7. The van der Waals surface area contributed by atoms with Crippen LogP contribution in [0.25, 0.3) is 0 Å². The smallest absolute Gasteiger partial charge is 0.176 e. The number of hydrogen-bond donors (Lipinski definition) is 0. The van der Waals surface area contributed by atoms with Gasteiger partial charge in [0.1, 0.15) is 0 Å². The van der Waals surface area contributed by atoms with Crippen molar-refractivity contribution in [2.24, 2.45) is 0 Å². The number of rotatable bonds is 3. The molecular weight excluding hydrogens is 302 g/mol. The summed E-state index contributed by atoms with van der Waals surface area (Å²) in [6.45, 7) is 2.71. The number of likely N-dealkylation sites (tertiary alicyclic amines) is 1. The van der Waals surface area contributed by atoms with Crippen LogP contribution in [-0.2, 0) is 0 Å². The highest BCUT2D eigenvalue weighted by molar-refractivity contribution is 9.10. The minimum Gasteiger partial charge on any atom is -0.296 e. The molecule has 0 aliphatic carbocycles. The molecule has 1 aliphatic rings. The molecule has 1 aliphatic heterocycles. The first-order valence-corrected chi connectivity index (χ1v) is 6.56. The number of carbonyl (C=O) groups excluding carboxylic acids is 1. The third kappa shape index (κ3) is 4.41. The van der Waals surface area contributed by atoms with Gasteiger partial charge in [0.2, 0.25) is 0 Å². The van der Waals surface area contributed by atoms with E-state index in [9.17, 15) is 4.79 Å². The normalized spacial score (nSPS) is 16.3. The fourth-order valence-electron chi connectivity index (χ4n) is 2.05. The Balaban J connectivity index is 0.00000144.